The molecule has 3 aromatic heterocycles. The van der Waals surface area contributed by atoms with E-state index in [4.69, 9.17) is 4.42 Å². The summed E-state index contributed by atoms with van der Waals surface area (Å²) >= 11 is 1.27. The summed E-state index contributed by atoms with van der Waals surface area (Å²) in [5, 5.41) is 13.8. The second kappa shape index (κ2) is 8.80. The molecule has 1 aromatic carbocycles. The Hall–Kier alpha value is -3.72. The first kappa shape index (κ1) is 20.2. The fourth-order valence-electron chi connectivity index (χ4n) is 3.51. The average Bonchev–Trinajstić information content (AvgIpc) is 3.59. The van der Waals surface area contributed by atoms with Crippen molar-refractivity contribution in [3.8, 4) is 11.4 Å². The number of carbonyl (C=O) groups excluding carboxylic acids is 1. The summed E-state index contributed by atoms with van der Waals surface area (Å²) in [4.78, 5) is 21.6. The molecular weight excluding hydrogens is 424 g/mol. The van der Waals surface area contributed by atoms with Crippen LogP contribution in [-0.4, -0.2) is 42.5 Å². The maximum Gasteiger partial charge on any atom is 0.253 e. The number of rotatable bonds is 6. The van der Waals surface area contributed by atoms with Gasteiger partial charge in [0, 0.05) is 24.4 Å². The number of nitrogens with one attached hydrogen (secondary N) is 1. The van der Waals surface area contributed by atoms with Gasteiger partial charge in [-0.15, -0.1) is 5.10 Å². The van der Waals surface area contributed by atoms with Crippen molar-refractivity contribution in [3.05, 3.63) is 84.1 Å². The van der Waals surface area contributed by atoms with Gasteiger partial charge < -0.3 is 4.42 Å². The predicted octanol–water partition coefficient (Wildman–Crippen LogP) is 4.24. The highest BCUT2D eigenvalue weighted by atomic mass is 32.2. The number of aryl methyl sites for hydroxylation is 1. The minimum absolute atomic E-state index is 0.131. The quantitative estimate of drug-likeness (QED) is 0.447. The van der Waals surface area contributed by atoms with E-state index in [0.29, 0.717) is 23.2 Å². The number of thioether (sulfide) groups is 1. The van der Waals surface area contributed by atoms with Gasteiger partial charge in [0.25, 0.3) is 5.91 Å². The van der Waals surface area contributed by atoms with Gasteiger partial charge in [0.15, 0.2) is 5.82 Å². The number of benzene rings is 1. The van der Waals surface area contributed by atoms with Crippen LogP contribution in [0, 0.1) is 6.92 Å². The van der Waals surface area contributed by atoms with Gasteiger partial charge in [-0.3, -0.25) is 14.9 Å². The molecule has 0 bridgehead atoms. The van der Waals surface area contributed by atoms with Crippen molar-refractivity contribution in [1.29, 1.82) is 0 Å². The van der Waals surface area contributed by atoms with Crippen LogP contribution >= 0.6 is 11.8 Å². The molecule has 1 atom stereocenters. The lowest BCUT2D eigenvalue weighted by Crippen LogP contribution is -2.28. The second-order valence-corrected chi connectivity index (χ2v) is 8.32. The molecule has 1 amide bonds. The van der Waals surface area contributed by atoms with Crippen molar-refractivity contribution in [1.82, 2.24) is 25.2 Å². The minimum atomic E-state index is -0.270. The molecule has 160 valence electrons. The van der Waals surface area contributed by atoms with Crippen molar-refractivity contribution in [2.45, 2.75) is 24.5 Å². The summed E-state index contributed by atoms with van der Waals surface area (Å²) < 4.78 is 5.61. The summed E-state index contributed by atoms with van der Waals surface area (Å²) in [6.07, 6.45) is 5.60. The van der Waals surface area contributed by atoms with Gasteiger partial charge in [0.05, 0.1) is 17.7 Å². The van der Waals surface area contributed by atoms with Gasteiger partial charge in [-0.1, -0.05) is 41.6 Å². The van der Waals surface area contributed by atoms with E-state index >= 15 is 0 Å². The molecule has 0 fully saturated rings. The summed E-state index contributed by atoms with van der Waals surface area (Å²) in [5.41, 5.74) is 3.93. The van der Waals surface area contributed by atoms with Crippen molar-refractivity contribution in [2.24, 2.45) is 5.10 Å². The molecule has 0 aliphatic carbocycles. The number of pyridine rings is 1. The van der Waals surface area contributed by atoms with Crippen LogP contribution in [0.4, 0.5) is 0 Å². The number of nitrogens with zero attached hydrogens (tertiary/aromatic N) is 5. The third kappa shape index (κ3) is 4.19. The van der Waals surface area contributed by atoms with E-state index in [1.54, 1.807) is 18.7 Å². The second-order valence-electron chi connectivity index (χ2n) is 7.38. The zero-order valence-corrected chi connectivity index (χ0v) is 18.1. The number of hydrogen-bond acceptors (Lipinski definition) is 7. The number of aromatic nitrogens is 4. The molecule has 1 N–H and O–H groups in total. The first-order chi connectivity index (χ1) is 15.7. The summed E-state index contributed by atoms with van der Waals surface area (Å²) in [6, 6.07) is 15.3. The van der Waals surface area contributed by atoms with Crippen molar-refractivity contribution < 1.29 is 9.21 Å². The van der Waals surface area contributed by atoms with Crippen LogP contribution in [0.15, 0.2) is 81.9 Å². The number of aromatic amines is 1. The zero-order chi connectivity index (χ0) is 21.9. The number of furan rings is 1. The smallest absolute Gasteiger partial charge is 0.253 e. The van der Waals surface area contributed by atoms with Gasteiger partial charge in [0.1, 0.15) is 11.8 Å². The van der Waals surface area contributed by atoms with Crippen LogP contribution in [-0.2, 0) is 4.79 Å². The SMILES string of the molecule is Cc1ccc(C2=NN(C(=O)CSc3n[nH]c(-c4ccncc4)n3)C(c3ccco3)C2)cc1. The highest BCUT2D eigenvalue weighted by Gasteiger charge is 2.34. The Kier molecular flexibility index (Phi) is 5.55. The van der Waals surface area contributed by atoms with Crippen molar-refractivity contribution in [3.63, 3.8) is 0 Å². The standard InChI is InChI=1S/C23H20N6O2S/c1-15-4-6-16(7-5-15)18-13-19(20-3-2-12-31-20)29(28-18)21(30)14-32-23-25-22(26-27-23)17-8-10-24-11-9-17/h2-12,19H,13-14H2,1H3,(H,25,26,27). The van der Waals surface area contributed by atoms with E-state index < -0.39 is 0 Å². The number of amides is 1. The largest absolute Gasteiger partial charge is 0.467 e. The van der Waals surface area contributed by atoms with E-state index in [1.165, 1.54) is 22.3 Å². The number of carbonyl (C=O) groups is 1. The van der Waals surface area contributed by atoms with Crippen LogP contribution in [0.5, 0.6) is 0 Å². The van der Waals surface area contributed by atoms with E-state index in [0.717, 1.165) is 16.8 Å². The predicted molar refractivity (Wildman–Crippen MR) is 121 cm³/mol. The Labute approximate surface area is 188 Å². The van der Waals surface area contributed by atoms with Gasteiger partial charge >= 0.3 is 0 Å². The molecule has 1 aliphatic heterocycles. The number of hydrazone groups is 1. The molecule has 1 aliphatic rings. The molecule has 0 radical (unpaired) electrons. The molecule has 0 saturated heterocycles. The van der Waals surface area contributed by atoms with Crippen molar-refractivity contribution >= 4 is 23.4 Å². The molecule has 4 heterocycles. The zero-order valence-electron chi connectivity index (χ0n) is 17.3. The van der Waals surface area contributed by atoms with E-state index in [9.17, 15) is 4.79 Å². The lowest BCUT2D eigenvalue weighted by molar-refractivity contribution is -0.130. The van der Waals surface area contributed by atoms with Gasteiger partial charge in [-0.2, -0.15) is 5.10 Å². The highest BCUT2D eigenvalue weighted by molar-refractivity contribution is 7.99. The fourth-order valence-corrected chi connectivity index (χ4v) is 4.16. The first-order valence-electron chi connectivity index (χ1n) is 10.1. The molecule has 1 unspecified atom stereocenters. The molecule has 32 heavy (non-hydrogen) atoms. The summed E-state index contributed by atoms with van der Waals surface area (Å²) in [6.45, 7) is 2.04. The lowest BCUT2D eigenvalue weighted by Gasteiger charge is -2.19. The van der Waals surface area contributed by atoms with Gasteiger partial charge in [-0.25, -0.2) is 9.99 Å². The Bertz CT molecular complexity index is 1240. The summed E-state index contributed by atoms with van der Waals surface area (Å²) in [7, 11) is 0. The number of H-pyrrole nitrogens is 1. The maximum atomic E-state index is 13.1. The Morgan fingerprint density at radius 2 is 1.97 bits per heavy atom. The molecule has 0 spiro atoms. The first-order valence-corrected chi connectivity index (χ1v) is 11.1. The average molecular weight is 445 g/mol. The van der Waals surface area contributed by atoms with Crippen LogP contribution in [0.1, 0.15) is 29.3 Å². The molecule has 0 saturated carbocycles. The van der Waals surface area contributed by atoms with Gasteiger partial charge in [0.2, 0.25) is 5.16 Å². The molecule has 9 heteroatoms. The third-order valence-corrected chi connectivity index (χ3v) is 6.00. The molecular formula is C23H20N6O2S. The van der Waals surface area contributed by atoms with Crippen LogP contribution in [0.2, 0.25) is 0 Å². The lowest BCUT2D eigenvalue weighted by atomic mass is 10.0. The molecule has 5 rings (SSSR count). The Morgan fingerprint density at radius 3 is 2.72 bits per heavy atom. The normalized spacial score (nSPS) is 15.7. The minimum Gasteiger partial charge on any atom is -0.467 e. The monoisotopic (exact) mass is 444 g/mol. The van der Waals surface area contributed by atoms with Crippen LogP contribution in [0.25, 0.3) is 11.4 Å². The van der Waals surface area contributed by atoms with E-state index in [1.807, 2.05) is 55.5 Å². The summed E-state index contributed by atoms with van der Waals surface area (Å²) in [5.74, 6) is 1.38. The Morgan fingerprint density at radius 1 is 1.16 bits per heavy atom. The number of hydrogen-bond donors (Lipinski definition) is 1. The van der Waals surface area contributed by atoms with Crippen molar-refractivity contribution in [2.75, 3.05) is 5.75 Å². The van der Waals surface area contributed by atoms with Crippen LogP contribution < -0.4 is 0 Å². The van der Waals surface area contributed by atoms with Gasteiger partial charge in [-0.05, 0) is 36.8 Å². The molecule has 8 nitrogen and oxygen atoms in total. The van der Waals surface area contributed by atoms with Crippen LogP contribution in [0.3, 0.4) is 0 Å². The Balaban J connectivity index is 1.32. The fraction of sp³-hybridized carbons (Fsp3) is 0.174. The topological polar surface area (TPSA) is 100 Å². The highest BCUT2D eigenvalue weighted by Crippen LogP contribution is 2.34. The molecule has 4 aromatic rings. The maximum absolute atomic E-state index is 13.1. The van der Waals surface area contributed by atoms with E-state index in [2.05, 4.69) is 25.3 Å². The third-order valence-electron chi connectivity index (χ3n) is 5.17. The van der Waals surface area contributed by atoms with E-state index in [-0.39, 0.29) is 17.7 Å².